The smallest absolute Gasteiger partial charge is 0.262 e. The number of aryl methyl sites for hydroxylation is 1. The summed E-state index contributed by atoms with van der Waals surface area (Å²) in [5.41, 5.74) is 1.11. The first-order valence-corrected chi connectivity index (χ1v) is 7.98. The second-order valence-electron chi connectivity index (χ2n) is 4.24. The molecule has 0 radical (unpaired) electrons. The molecule has 2 aromatic rings. The van der Waals surface area contributed by atoms with Crippen molar-refractivity contribution in [3.63, 3.8) is 0 Å². The summed E-state index contributed by atoms with van der Waals surface area (Å²) in [4.78, 5) is 0.189. The number of sulfonamides is 1. The molecule has 0 fully saturated rings. The minimum absolute atomic E-state index is 0.132. The first-order chi connectivity index (χ1) is 9.51. The van der Waals surface area contributed by atoms with Crippen molar-refractivity contribution in [2.75, 3.05) is 4.72 Å². The highest BCUT2D eigenvalue weighted by Crippen LogP contribution is 2.16. The van der Waals surface area contributed by atoms with Crippen LogP contribution in [0.5, 0.6) is 0 Å². The molecule has 0 aliphatic carbocycles. The standard InChI is InChI=1S/C13H14ClN3O2S/c1-2-3-10-4-6-11(7-5-10)20(18,19)17-13-9-8-12(14)15-16-13/h4-9H,2-3H2,1H3,(H,16,17). The number of halogens is 1. The van der Waals surface area contributed by atoms with Crippen molar-refractivity contribution in [2.24, 2.45) is 0 Å². The molecule has 0 unspecified atom stereocenters. The van der Waals surface area contributed by atoms with Gasteiger partial charge in [-0.2, -0.15) is 0 Å². The van der Waals surface area contributed by atoms with Gasteiger partial charge in [0.15, 0.2) is 11.0 Å². The molecule has 1 N–H and O–H groups in total. The highest BCUT2D eigenvalue weighted by atomic mass is 35.5. The lowest BCUT2D eigenvalue weighted by atomic mass is 10.1. The summed E-state index contributed by atoms with van der Waals surface area (Å²) in [5, 5.41) is 7.45. The van der Waals surface area contributed by atoms with Gasteiger partial charge in [-0.05, 0) is 36.2 Å². The van der Waals surface area contributed by atoms with Crippen LogP contribution in [0.15, 0.2) is 41.3 Å². The van der Waals surface area contributed by atoms with Gasteiger partial charge in [0.25, 0.3) is 10.0 Å². The Kier molecular flexibility index (Phi) is 4.57. The predicted octanol–water partition coefficient (Wildman–Crippen LogP) is 2.88. The molecule has 20 heavy (non-hydrogen) atoms. The Hall–Kier alpha value is -1.66. The Labute approximate surface area is 123 Å². The summed E-state index contributed by atoms with van der Waals surface area (Å²) in [6, 6.07) is 9.71. The second kappa shape index (κ2) is 6.19. The zero-order valence-electron chi connectivity index (χ0n) is 10.9. The first kappa shape index (κ1) is 14.7. The number of hydrogen-bond donors (Lipinski definition) is 1. The second-order valence-corrected chi connectivity index (χ2v) is 6.31. The summed E-state index contributed by atoms with van der Waals surface area (Å²) in [6.45, 7) is 2.07. The maximum atomic E-state index is 12.1. The SMILES string of the molecule is CCCc1ccc(S(=O)(=O)Nc2ccc(Cl)nn2)cc1. The molecule has 1 aromatic carbocycles. The molecule has 0 aliphatic rings. The Morgan fingerprint density at radius 3 is 2.35 bits per heavy atom. The van der Waals surface area contributed by atoms with Gasteiger partial charge in [0.2, 0.25) is 0 Å². The zero-order valence-corrected chi connectivity index (χ0v) is 12.4. The average molecular weight is 312 g/mol. The van der Waals surface area contributed by atoms with Crippen LogP contribution in [-0.2, 0) is 16.4 Å². The molecule has 0 saturated heterocycles. The lowest BCUT2D eigenvalue weighted by Crippen LogP contribution is -2.14. The van der Waals surface area contributed by atoms with Crippen LogP contribution in [0.25, 0.3) is 0 Å². The van der Waals surface area contributed by atoms with Crippen molar-refractivity contribution >= 4 is 27.4 Å². The van der Waals surface area contributed by atoms with E-state index in [1.54, 1.807) is 12.1 Å². The van der Waals surface area contributed by atoms with E-state index in [9.17, 15) is 8.42 Å². The van der Waals surface area contributed by atoms with Gasteiger partial charge in [-0.1, -0.05) is 37.1 Å². The van der Waals surface area contributed by atoms with Crippen LogP contribution in [-0.4, -0.2) is 18.6 Å². The van der Waals surface area contributed by atoms with E-state index in [0.717, 1.165) is 18.4 Å². The van der Waals surface area contributed by atoms with E-state index in [1.807, 2.05) is 12.1 Å². The molecule has 0 amide bonds. The van der Waals surface area contributed by atoms with Crippen LogP contribution in [0.4, 0.5) is 5.82 Å². The molecule has 7 heteroatoms. The van der Waals surface area contributed by atoms with Gasteiger partial charge < -0.3 is 0 Å². The van der Waals surface area contributed by atoms with Crippen molar-refractivity contribution in [1.29, 1.82) is 0 Å². The summed E-state index contributed by atoms with van der Waals surface area (Å²) in [7, 11) is -3.65. The highest BCUT2D eigenvalue weighted by Gasteiger charge is 2.14. The molecule has 0 bridgehead atoms. The van der Waals surface area contributed by atoms with Crippen molar-refractivity contribution < 1.29 is 8.42 Å². The van der Waals surface area contributed by atoms with E-state index >= 15 is 0 Å². The van der Waals surface area contributed by atoms with Gasteiger partial charge in [-0.3, -0.25) is 4.72 Å². The van der Waals surface area contributed by atoms with E-state index in [4.69, 9.17) is 11.6 Å². The van der Waals surface area contributed by atoms with Crippen molar-refractivity contribution in [3.8, 4) is 0 Å². The van der Waals surface area contributed by atoms with Crippen LogP contribution in [0.2, 0.25) is 5.15 Å². The average Bonchev–Trinajstić information content (AvgIpc) is 2.42. The molecule has 106 valence electrons. The van der Waals surface area contributed by atoms with Crippen LogP contribution < -0.4 is 4.72 Å². The molecule has 0 spiro atoms. The van der Waals surface area contributed by atoms with Gasteiger partial charge in [-0.25, -0.2) is 8.42 Å². The lowest BCUT2D eigenvalue weighted by molar-refractivity contribution is 0.601. The first-order valence-electron chi connectivity index (χ1n) is 6.12. The Morgan fingerprint density at radius 1 is 1.10 bits per heavy atom. The number of nitrogens with zero attached hydrogens (tertiary/aromatic N) is 2. The molecule has 0 aliphatic heterocycles. The van der Waals surface area contributed by atoms with E-state index in [2.05, 4.69) is 21.8 Å². The minimum atomic E-state index is -3.65. The summed E-state index contributed by atoms with van der Waals surface area (Å²) in [6.07, 6.45) is 1.95. The summed E-state index contributed by atoms with van der Waals surface area (Å²) < 4.78 is 26.6. The molecule has 5 nitrogen and oxygen atoms in total. The van der Waals surface area contributed by atoms with Crippen LogP contribution >= 0.6 is 11.6 Å². The third-order valence-corrected chi connectivity index (χ3v) is 4.22. The largest absolute Gasteiger partial charge is 0.263 e. The normalized spacial score (nSPS) is 11.3. The summed E-state index contributed by atoms with van der Waals surface area (Å²) in [5.74, 6) is 0.132. The third kappa shape index (κ3) is 3.68. The fourth-order valence-corrected chi connectivity index (χ4v) is 2.79. The third-order valence-electron chi connectivity index (χ3n) is 2.64. The monoisotopic (exact) mass is 311 g/mol. The number of anilines is 1. The van der Waals surface area contributed by atoms with Crippen molar-refractivity contribution in [1.82, 2.24) is 10.2 Å². The van der Waals surface area contributed by atoms with Gasteiger partial charge in [0.1, 0.15) is 0 Å². The number of hydrogen-bond acceptors (Lipinski definition) is 4. The Balaban J connectivity index is 2.19. The molecule has 1 heterocycles. The van der Waals surface area contributed by atoms with Crippen LogP contribution in [0.3, 0.4) is 0 Å². The lowest BCUT2D eigenvalue weighted by Gasteiger charge is -2.07. The van der Waals surface area contributed by atoms with Crippen molar-refractivity contribution in [3.05, 3.63) is 47.1 Å². The van der Waals surface area contributed by atoms with Gasteiger partial charge in [-0.15, -0.1) is 10.2 Å². The van der Waals surface area contributed by atoms with E-state index in [1.165, 1.54) is 12.1 Å². The predicted molar refractivity (Wildman–Crippen MR) is 78.3 cm³/mol. The van der Waals surface area contributed by atoms with Crippen molar-refractivity contribution in [2.45, 2.75) is 24.7 Å². The maximum Gasteiger partial charge on any atom is 0.263 e. The molecular formula is C13H14ClN3O2S. The van der Waals surface area contributed by atoms with E-state index < -0.39 is 10.0 Å². The zero-order chi connectivity index (χ0) is 14.6. The van der Waals surface area contributed by atoms with Crippen LogP contribution in [0, 0.1) is 0 Å². The fourth-order valence-electron chi connectivity index (χ4n) is 1.69. The van der Waals surface area contributed by atoms with Gasteiger partial charge in [0, 0.05) is 0 Å². The molecule has 0 saturated carbocycles. The number of rotatable bonds is 5. The summed E-state index contributed by atoms with van der Waals surface area (Å²) >= 11 is 5.60. The fraction of sp³-hybridized carbons (Fsp3) is 0.231. The molecule has 0 atom stereocenters. The number of nitrogens with one attached hydrogen (secondary N) is 1. The van der Waals surface area contributed by atoms with E-state index in [0.29, 0.717) is 0 Å². The number of aromatic nitrogens is 2. The van der Waals surface area contributed by atoms with E-state index in [-0.39, 0.29) is 15.9 Å². The minimum Gasteiger partial charge on any atom is -0.262 e. The molecular weight excluding hydrogens is 298 g/mol. The quantitative estimate of drug-likeness (QED) is 0.921. The molecule has 1 aromatic heterocycles. The Bertz CT molecular complexity index is 670. The highest BCUT2D eigenvalue weighted by molar-refractivity contribution is 7.92. The van der Waals surface area contributed by atoms with Gasteiger partial charge >= 0.3 is 0 Å². The topological polar surface area (TPSA) is 72.0 Å². The maximum absolute atomic E-state index is 12.1. The van der Waals surface area contributed by atoms with Gasteiger partial charge in [0.05, 0.1) is 4.90 Å². The van der Waals surface area contributed by atoms with Crippen LogP contribution in [0.1, 0.15) is 18.9 Å². The number of benzene rings is 1. The molecule has 2 rings (SSSR count). The Morgan fingerprint density at radius 2 is 1.80 bits per heavy atom.